The van der Waals surface area contributed by atoms with Crippen molar-refractivity contribution < 1.29 is 9.90 Å². The molecule has 1 aliphatic rings. The summed E-state index contributed by atoms with van der Waals surface area (Å²) >= 11 is 0. The van der Waals surface area contributed by atoms with E-state index in [2.05, 4.69) is 0 Å². The van der Waals surface area contributed by atoms with Crippen molar-refractivity contribution in [3.8, 4) is 16.9 Å². The Morgan fingerprint density at radius 1 is 1.22 bits per heavy atom. The van der Waals surface area contributed by atoms with Gasteiger partial charge in [0.15, 0.2) is 0 Å². The summed E-state index contributed by atoms with van der Waals surface area (Å²) < 4.78 is 0. The highest BCUT2D eigenvalue weighted by atomic mass is 16.3. The first kappa shape index (κ1) is 10.8. The second-order valence-corrected chi connectivity index (χ2v) is 4.57. The minimum absolute atomic E-state index is 0.248. The molecular weight excluding hydrogens is 226 g/mol. The lowest BCUT2D eigenvalue weighted by molar-refractivity contribution is -0.117. The molecule has 1 amide bonds. The summed E-state index contributed by atoms with van der Waals surface area (Å²) in [4.78, 5) is 11.1. The van der Waals surface area contributed by atoms with Crippen molar-refractivity contribution in [3.05, 3.63) is 53.1 Å². The fourth-order valence-corrected chi connectivity index (χ4v) is 2.67. The fourth-order valence-electron chi connectivity index (χ4n) is 2.67. The number of benzene rings is 2. The molecule has 3 N–H and O–H groups in total. The minimum Gasteiger partial charge on any atom is -0.507 e. The number of aromatic hydroxyl groups is 1. The Kier molecular flexibility index (Phi) is 2.33. The molecule has 3 nitrogen and oxygen atoms in total. The van der Waals surface area contributed by atoms with Crippen molar-refractivity contribution in [3.63, 3.8) is 0 Å². The van der Waals surface area contributed by atoms with Gasteiger partial charge in [-0.15, -0.1) is 0 Å². The molecular formula is C15H13NO2. The molecule has 1 aliphatic carbocycles. The minimum atomic E-state index is -0.330. The molecule has 0 spiro atoms. The average molecular weight is 239 g/mol. The van der Waals surface area contributed by atoms with Gasteiger partial charge in [-0.3, -0.25) is 4.79 Å². The Labute approximate surface area is 105 Å². The molecule has 0 bridgehead atoms. The Balaban J connectivity index is 2.18. The van der Waals surface area contributed by atoms with E-state index >= 15 is 0 Å². The molecule has 0 aromatic heterocycles. The number of phenolic OH excluding ortho intramolecular Hbond substituents is 1. The average Bonchev–Trinajstić information content (AvgIpc) is 2.69. The molecule has 0 saturated heterocycles. The first-order chi connectivity index (χ1) is 8.66. The Bertz CT molecular complexity index is 647. The van der Waals surface area contributed by atoms with E-state index in [4.69, 9.17) is 5.73 Å². The van der Waals surface area contributed by atoms with Crippen molar-refractivity contribution in [2.75, 3.05) is 0 Å². The summed E-state index contributed by atoms with van der Waals surface area (Å²) in [5.74, 6) is -0.0361. The van der Waals surface area contributed by atoms with Crippen LogP contribution in [-0.4, -0.2) is 11.0 Å². The lowest BCUT2D eigenvalue weighted by atomic mass is 9.99. The lowest BCUT2D eigenvalue weighted by Crippen LogP contribution is -2.14. The van der Waals surface area contributed by atoms with E-state index in [1.807, 2.05) is 30.3 Å². The number of carbonyl (C=O) groups is 1. The first-order valence-corrected chi connectivity index (χ1v) is 5.87. The topological polar surface area (TPSA) is 63.3 Å². The van der Waals surface area contributed by atoms with Gasteiger partial charge in [0.1, 0.15) is 5.75 Å². The van der Waals surface area contributed by atoms with Crippen LogP contribution >= 0.6 is 0 Å². The van der Waals surface area contributed by atoms with Gasteiger partial charge in [0.05, 0.1) is 6.42 Å². The van der Waals surface area contributed by atoms with Crippen LogP contribution < -0.4 is 5.73 Å². The zero-order chi connectivity index (χ0) is 12.7. The van der Waals surface area contributed by atoms with Crippen LogP contribution in [0.15, 0.2) is 36.4 Å². The number of hydrogen-bond donors (Lipinski definition) is 2. The van der Waals surface area contributed by atoms with Gasteiger partial charge in [-0.2, -0.15) is 0 Å². The largest absolute Gasteiger partial charge is 0.507 e. The molecule has 0 unspecified atom stereocenters. The van der Waals surface area contributed by atoms with Crippen LogP contribution in [0.5, 0.6) is 5.75 Å². The van der Waals surface area contributed by atoms with Crippen LogP contribution in [0, 0.1) is 0 Å². The maximum absolute atomic E-state index is 11.1. The number of fused-ring (bicyclic) bond motifs is 3. The maximum atomic E-state index is 11.1. The third kappa shape index (κ3) is 1.56. The normalized spacial score (nSPS) is 12.0. The molecule has 0 saturated carbocycles. The number of rotatable bonds is 2. The van der Waals surface area contributed by atoms with Crippen LogP contribution in [0.3, 0.4) is 0 Å². The molecule has 3 rings (SSSR count). The summed E-state index contributed by atoms with van der Waals surface area (Å²) in [5, 5.41) is 9.96. The Morgan fingerprint density at radius 2 is 2.00 bits per heavy atom. The molecule has 0 atom stereocenters. The summed E-state index contributed by atoms with van der Waals surface area (Å²) in [7, 11) is 0. The highest BCUT2D eigenvalue weighted by molar-refractivity contribution is 5.84. The molecule has 90 valence electrons. The SMILES string of the molecule is NC(=O)Cc1cccc2c1Cc1cccc(O)c1-2. The number of phenols is 1. The molecule has 0 radical (unpaired) electrons. The van der Waals surface area contributed by atoms with Gasteiger partial charge in [-0.1, -0.05) is 30.3 Å². The van der Waals surface area contributed by atoms with Crippen molar-refractivity contribution in [1.29, 1.82) is 0 Å². The number of carbonyl (C=O) groups excluding carboxylic acids is 1. The van der Waals surface area contributed by atoms with Gasteiger partial charge >= 0.3 is 0 Å². The number of hydrogen-bond acceptors (Lipinski definition) is 2. The van der Waals surface area contributed by atoms with E-state index in [9.17, 15) is 9.90 Å². The molecule has 3 heteroatoms. The third-order valence-electron chi connectivity index (χ3n) is 3.40. The summed E-state index contributed by atoms with van der Waals surface area (Å²) in [5.41, 5.74) is 10.3. The van der Waals surface area contributed by atoms with Gasteiger partial charge in [0, 0.05) is 5.56 Å². The molecule has 2 aromatic rings. The van der Waals surface area contributed by atoms with E-state index in [1.165, 1.54) is 0 Å². The smallest absolute Gasteiger partial charge is 0.221 e. The number of nitrogens with two attached hydrogens (primary N) is 1. The second kappa shape index (κ2) is 3.88. The predicted molar refractivity (Wildman–Crippen MR) is 69.2 cm³/mol. The zero-order valence-corrected chi connectivity index (χ0v) is 9.81. The first-order valence-electron chi connectivity index (χ1n) is 5.87. The standard InChI is InChI=1S/C15H13NO2/c16-14(18)8-9-3-1-5-11-12(9)7-10-4-2-6-13(17)15(10)11/h1-6,17H,7-8H2,(H2,16,18). The predicted octanol–water partition coefficient (Wildman–Crippen LogP) is 1.99. The Morgan fingerprint density at radius 3 is 2.78 bits per heavy atom. The van der Waals surface area contributed by atoms with Crippen LogP contribution in [0.1, 0.15) is 16.7 Å². The monoisotopic (exact) mass is 239 g/mol. The van der Waals surface area contributed by atoms with E-state index in [0.29, 0.717) is 5.75 Å². The number of amides is 1. The highest BCUT2D eigenvalue weighted by Crippen LogP contribution is 2.43. The number of primary amides is 1. The van der Waals surface area contributed by atoms with Crippen LogP contribution in [0.2, 0.25) is 0 Å². The van der Waals surface area contributed by atoms with Gasteiger partial charge in [0.2, 0.25) is 5.91 Å². The molecule has 18 heavy (non-hydrogen) atoms. The van der Waals surface area contributed by atoms with Gasteiger partial charge in [-0.25, -0.2) is 0 Å². The zero-order valence-electron chi connectivity index (χ0n) is 9.81. The quantitative estimate of drug-likeness (QED) is 0.718. The van der Waals surface area contributed by atoms with E-state index < -0.39 is 0 Å². The maximum Gasteiger partial charge on any atom is 0.221 e. The summed E-state index contributed by atoms with van der Waals surface area (Å²) in [6, 6.07) is 11.3. The molecule has 0 fully saturated rings. The highest BCUT2D eigenvalue weighted by Gasteiger charge is 2.23. The van der Waals surface area contributed by atoms with Crippen LogP contribution in [0.4, 0.5) is 0 Å². The van der Waals surface area contributed by atoms with Gasteiger partial charge in [-0.05, 0) is 34.7 Å². The molecule has 0 aliphatic heterocycles. The second-order valence-electron chi connectivity index (χ2n) is 4.57. The van der Waals surface area contributed by atoms with Crippen molar-refractivity contribution in [2.24, 2.45) is 5.73 Å². The van der Waals surface area contributed by atoms with Gasteiger partial charge < -0.3 is 10.8 Å². The fraction of sp³-hybridized carbons (Fsp3) is 0.133. The van der Waals surface area contributed by atoms with E-state index in [-0.39, 0.29) is 12.3 Å². The van der Waals surface area contributed by atoms with Crippen molar-refractivity contribution in [1.82, 2.24) is 0 Å². The summed E-state index contributed by atoms with van der Waals surface area (Å²) in [6.45, 7) is 0. The summed E-state index contributed by atoms with van der Waals surface area (Å²) in [6.07, 6.45) is 1.00. The van der Waals surface area contributed by atoms with Crippen molar-refractivity contribution in [2.45, 2.75) is 12.8 Å². The van der Waals surface area contributed by atoms with E-state index in [1.54, 1.807) is 6.07 Å². The van der Waals surface area contributed by atoms with Crippen LogP contribution in [-0.2, 0) is 17.6 Å². The third-order valence-corrected chi connectivity index (χ3v) is 3.40. The lowest BCUT2D eigenvalue weighted by Gasteiger charge is -2.07. The Hall–Kier alpha value is -2.29. The molecule has 2 aromatic carbocycles. The van der Waals surface area contributed by atoms with Crippen molar-refractivity contribution >= 4 is 5.91 Å². The van der Waals surface area contributed by atoms with Gasteiger partial charge in [0.25, 0.3) is 0 Å². The van der Waals surface area contributed by atoms with E-state index in [0.717, 1.165) is 34.2 Å². The van der Waals surface area contributed by atoms with Crippen LogP contribution in [0.25, 0.3) is 11.1 Å². The molecule has 0 heterocycles.